The molecule has 0 bridgehead atoms. The van der Waals surface area contributed by atoms with Crippen molar-refractivity contribution in [2.24, 2.45) is 4.99 Å². The Labute approximate surface area is 245 Å². The fourth-order valence-corrected chi connectivity index (χ4v) is 5.71. The summed E-state index contributed by atoms with van der Waals surface area (Å²) in [4.78, 5) is 12.3. The number of phenols is 1. The Balaban J connectivity index is 0.00000264. The fraction of sp³-hybridized carbons (Fsp3) is 0.0588. The second-order valence-corrected chi connectivity index (χ2v) is 9.86. The summed E-state index contributed by atoms with van der Waals surface area (Å²) in [5.41, 5.74) is 9.48. The van der Waals surface area contributed by atoms with E-state index in [1.165, 1.54) is 16.8 Å². The van der Waals surface area contributed by atoms with Gasteiger partial charge in [0.1, 0.15) is 11.3 Å². The van der Waals surface area contributed by atoms with Gasteiger partial charge in [-0.05, 0) is 35.4 Å². The first-order valence-electron chi connectivity index (χ1n) is 13.0. The summed E-state index contributed by atoms with van der Waals surface area (Å²) in [7, 11) is 0. The average molecular weight is 700 g/mol. The first-order valence-corrected chi connectivity index (χ1v) is 13.0. The number of rotatable bonds is 3. The Morgan fingerprint density at radius 1 is 0.750 bits per heavy atom. The molecule has 6 aromatic rings. The fourth-order valence-electron chi connectivity index (χ4n) is 5.71. The molecule has 5 nitrogen and oxygen atoms in total. The minimum atomic E-state index is 0. The molecule has 1 N–H and O–H groups in total. The normalized spacial score (nSPS) is 15.2. The maximum Gasteiger partial charge on any atom is 0.230 e. The number of fused-ring (bicyclic) bond motifs is 7. The van der Waals surface area contributed by atoms with Crippen LogP contribution in [-0.4, -0.2) is 22.5 Å². The standard InChI is InChI=1S/C34H22N3O2.Pt/c38-30-15-7-5-12-26(30)34-36-32-23(13-8-16-31(32)39-34)22-17-18-24-25-11-4-6-14-29(25)37-20-28(21-9-2-1-3-10-21)35-33(37)27(24)19-22;/h1-18,28,38H,20H2;/q-1;/t28-;/m1./s1. The predicted octanol–water partition coefficient (Wildman–Crippen LogP) is 7.65. The second-order valence-electron chi connectivity index (χ2n) is 9.86. The zero-order valence-corrected chi connectivity index (χ0v) is 23.5. The van der Waals surface area contributed by atoms with Gasteiger partial charge < -0.3 is 14.4 Å². The number of phenolic OH excluding ortho intramolecular Hbond substituents is 1. The SMILES string of the molecule is Oc1ccccc1-c1nc2c(-c3[c-]c4c(cc3)-c3ccccc3N3C[C@H](c5ccccc5)N=C43)cccc2o1.[Pt]. The molecular weight excluding hydrogens is 677 g/mol. The van der Waals surface area contributed by atoms with Crippen LogP contribution in [0, 0.1) is 6.07 Å². The van der Waals surface area contributed by atoms with Crippen molar-refractivity contribution in [3.05, 3.63) is 126 Å². The molecule has 3 heterocycles. The average Bonchev–Trinajstić information content (AvgIpc) is 3.63. The van der Waals surface area contributed by atoms with Crippen molar-refractivity contribution >= 4 is 22.6 Å². The van der Waals surface area contributed by atoms with E-state index in [1.807, 2.05) is 30.3 Å². The van der Waals surface area contributed by atoms with Gasteiger partial charge in [0.2, 0.25) is 5.89 Å². The van der Waals surface area contributed by atoms with Crippen LogP contribution in [0.15, 0.2) is 119 Å². The molecule has 0 amide bonds. The number of anilines is 1. The molecule has 0 saturated heterocycles. The Bertz CT molecular complexity index is 1930. The zero-order valence-electron chi connectivity index (χ0n) is 21.2. The number of oxazole rings is 1. The molecule has 1 aromatic heterocycles. The van der Waals surface area contributed by atoms with E-state index < -0.39 is 0 Å². The number of amidine groups is 1. The Morgan fingerprint density at radius 2 is 1.50 bits per heavy atom. The molecule has 0 fully saturated rings. The molecule has 0 saturated carbocycles. The zero-order chi connectivity index (χ0) is 25.9. The van der Waals surface area contributed by atoms with Gasteiger partial charge in [0.15, 0.2) is 0 Å². The third kappa shape index (κ3) is 3.81. The van der Waals surface area contributed by atoms with Crippen LogP contribution in [0.5, 0.6) is 5.75 Å². The van der Waals surface area contributed by atoms with Crippen LogP contribution in [0.2, 0.25) is 0 Å². The maximum absolute atomic E-state index is 10.4. The molecule has 1 atom stereocenters. The molecule has 0 spiro atoms. The third-order valence-electron chi connectivity index (χ3n) is 7.57. The van der Waals surface area contributed by atoms with E-state index in [0.717, 1.165) is 40.2 Å². The number of aromatic nitrogens is 1. The van der Waals surface area contributed by atoms with Crippen LogP contribution in [-0.2, 0) is 21.1 Å². The molecule has 5 aromatic carbocycles. The molecule has 40 heavy (non-hydrogen) atoms. The van der Waals surface area contributed by atoms with Crippen molar-refractivity contribution in [2.45, 2.75) is 6.04 Å². The number of hydrogen-bond acceptors (Lipinski definition) is 5. The Kier molecular flexibility index (Phi) is 5.91. The minimum absolute atomic E-state index is 0. The Hall–Kier alpha value is -4.47. The van der Waals surface area contributed by atoms with E-state index in [9.17, 15) is 5.11 Å². The van der Waals surface area contributed by atoms with Gasteiger partial charge in [0, 0.05) is 33.3 Å². The number of hydrogen-bond donors (Lipinski definition) is 1. The molecule has 8 rings (SSSR count). The van der Waals surface area contributed by atoms with E-state index in [0.29, 0.717) is 17.0 Å². The maximum atomic E-state index is 10.4. The van der Waals surface area contributed by atoms with E-state index >= 15 is 0 Å². The molecule has 2 aliphatic rings. The van der Waals surface area contributed by atoms with Crippen molar-refractivity contribution in [1.29, 1.82) is 0 Å². The largest absolute Gasteiger partial charge is 0.507 e. The summed E-state index contributed by atoms with van der Waals surface area (Å²) < 4.78 is 6.07. The van der Waals surface area contributed by atoms with Gasteiger partial charge in [0.25, 0.3) is 0 Å². The number of nitrogens with zero attached hydrogens (tertiary/aromatic N) is 3. The van der Waals surface area contributed by atoms with E-state index in [4.69, 9.17) is 14.4 Å². The molecule has 196 valence electrons. The first-order chi connectivity index (χ1) is 19.2. The molecule has 0 radical (unpaired) electrons. The molecular formula is C34H22N3O2Pt-. The van der Waals surface area contributed by atoms with E-state index in [1.54, 1.807) is 18.2 Å². The predicted molar refractivity (Wildman–Crippen MR) is 154 cm³/mol. The monoisotopic (exact) mass is 699 g/mol. The summed E-state index contributed by atoms with van der Waals surface area (Å²) >= 11 is 0. The van der Waals surface area contributed by atoms with Crippen molar-refractivity contribution < 1.29 is 30.6 Å². The summed E-state index contributed by atoms with van der Waals surface area (Å²) in [6.07, 6.45) is 0. The first kappa shape index (κ1) is 24.6. The Morgan fingerprint density at radius 3 is 2.35 bits per heavy atom. The van der Waals surface area contributed by atoms with Gasteiger partial charge in [-0.15, -0.1) is 23.8 Å². The summed E-state index contributed by atoms with van der Waals surface area (Å²) in [5.74, 6) is 1.47. The van der Waals surface area contributed by atoms with Crippen LogP contribution in [0.25, 0.3) is 44.8 Å². The number of aromatic hydroxyl groups is 1. The van der Waals surface area contributed by atoms with E-state index in [-0.39, 0.29) is 32.9 Å². The van der Waals surface area contributed by atoms with Gasteiger partial charge in [-0.25, -0.2) is 4.98 Å². The van der Waals surface area contributed by atoms with Gasteiger partial charge in [0.05, 0.1) is 23.0 Å². The quantitative estimate of drug-likeness (QED) is 0.193. The van der Waals surface area contributed by atoms with Gasteiger partial charge in [-0.1, -0.05) is 89.5 Å². The van der Waals surface area contributed by atoms with E-state index in [2.05, 4.69) is 71.6 Å². The molecule has 0 unspecified atom stereocenters. The third-order valence-corrected chi connectivity index (χ3v) is 7.57. The van der Waals surface area contributed by atoms with Gasteiger partial charge >= 0.3 is 0 Å². The number of aliphatic imine (C=N–C) groups is 1. The van der Waals surface area contributed by atoms with Crippen LogP contribution in [0.1, 0.15) is 17.2 Å². The number of para-hydroxylation sites is 3. The van der Waals surface area contributed by atoms with Crippen LogP contribution in [0.4, 0.5) is 5.69 Å². The van der Waals surface area contributed by atoms with Crippen molar-refractivity contribution in [3.63, 3.8) is 0 Å². The summed E-state index contributed by atoms with van der Waals surface area (Å²) in [6, 6.07) is 40.0. The van der Waals surface area contributed by atoms with Crippen LogP contribution < -0.4 is 4.90 Å². The second kappa shape index (κ2) is 9.62. The smallest absolute Gasteiger partial charge is 0.230 e. The topological polar surface area (TPSA) is 61.9 Å². The van der Waals surface area contributed by atoms with Crippen molar-refractivity contribution in [3.8, 4) is 39.5 Å². The summed E-state index contributed by atoms with van der Waals surface area (Å²) in [6.45, 7) is 0.788. The minimum Gasteiger partial charge on any atom is -0.507 e. The molecule has 6 heteroatoms. The van der Waals surface area contributed by atoms with Crippen LogP contribution >= 0.6 is 0 Å². The van der Waals surface area contributed by atoms with Gasteiger partial charge in [-0.3, -0.25) is 4.99 Å². The van der Waals surface area contributed by atoms with Crippen molar-refractivity contribution in [1.82, 2.24) is 4.98 Å². The van der Waals surface area contributed by atoms with Gasteiger partial charge in [-0.2, -0.15) is 0 Å². The number of benzene rings is 5. The van der Waals surface area contributed by atoms with Crippen molar-refractivity contribution in [2.75, 3.05) is 11.4 Å². The molecule has 0 aliphatic carbocycles. The summed E-state index contributed by atoms with van der Waals surface area (Å²) in [5, 5.41) is 10.4. The molecule has 2 aliphatic heterocycles. The van der Waals surface area contributed by atoms with Crippen LogP contribution in [0.3, 0.4) is 0 Å².